The first kappa shape index (κ1) is 57.0. The quantitative estimate of drug-likeness (QED) is 0.0230. The molecule has 0 aromatic heterocycles. The second-order valence-corrected chi connectivity index (χ2v) is 17.7. The summed E-state index contributed by atoms with van der Waals surface area (Å²) in [5, 5.41) is 8.90. The fourth-order valence-electron chi connectivity index (χ4n) is 6.64. The van der Waals surface area contributed by atoms with E-state index in [0.717, 1.165) is 64.2 Å². The Labute approximate surface area is 360 Å². The maximum Gasteiger partial charge on any atom is 0.472 e. The van der Waals surface area contributed by atoms with Crippen LogP contribution in [-0.2, 0) is 37.5 Å². The topological polar surface area (TPSA) is 172 Å². The van der Waals surface area contributed by atoms with Crippen molar-refractivity contribution in [2.75, 3.05) is 19.8 Å². The van der Waals surface area contributed by atoms with Crippen LogP contribution < -0.4 is 5.73 Å². The molecule has 0 saturated heterocycles. The molecule has 0 heterocycles. The highest BCUT2D eigenvalue weighted by Gasteiger charge is 2.28. The molecule has 0 aliphatic rings. The van der Waals surface area contributed by atoms with Crippen molar-refractivity contribution in [1.29, 1.82) is 0 Å². The molecule has 0 aliphatic heterocycles. The minimum atomic E-state index is -4.72. The van der Waals surface area contributed by atoms with Crippen LogP contribution in [0, 0.1) is 0 Å². The molecule has 0 saturated carbocycles. The van der Waals surface area contributed by atoms with E-state index < -0.39 is 51.1 Å². The lowest BCUT2D eigenvalue weighted by molar-refractivity contribution is -0.161. The number of carbonyl (C=O) groups is 3. The summed E-state index contributed by atoms with van der Waals surface area (Å²) >= 11 is 0. The van der Waals surface area contributed by atoms with Crippen molar-refractivity contribution in [3.05, 3.63) is 24.3 Å². The van der Waals surface area contributed by atoms with Gasteiger partial charge in [0.1, 0.15) is 12.6 Å². The number of phosphoric ester groups is 1. The van der Waals surface area contributed by atoms with Crippen molar-refractivity contribution in [2.24, 2.45) is 5.73 Å². The maximum absolute atomic E-state index is 12.6. The minimum absolute atomic E-state index is 0.152. The van der Waals surface area contributed by atoms with E-state index in [2.05, 4.69) is 42.7 Å². The van der Waals surface area contributed by atoms with Gasteiger partial charge >= 0.3 is 25.7 Å². The summed E-state index contributed by atoms with van der Waals surface area (Å²) in [5.74, 6) is -2.38. The maximum atomic E-state index is 12.6. The lowest BCUT2D eigenvalue weighted by atomic mass is 10.1. The van der Waals surface area contributed by atoms with Gasteiger partial charge in [0.2, 0.25) is 0 Å². The standard InChI is InChI=1S/C47H88NO10P/c1-3-5-7-9-11-13-15-17-19-21-22-23-25-26-28-30-32-34-36-38-45(49)55-40-43(41-56-59(53,54)57-42-44(48)47(51)52)58-46(50)39-37-35-33-31-29-27-24-20-18-16-14-12-10-8-6-4-2/h20-22,24,43-44H,3-19,23,25-42,48H2,1-2H3,(H,51,52)(H,53,54)/b22-21-,24-20-/t43-,44+/m1/s1. The van der Waals surface area contributed by atoms with Crippen molar-refractivity contribution in [2.45, 2.75) is 238 Å². The zero-order chi connectivity index (χ0) is 43.5. The molecule has 59 heavy (non-hydrogen) atoms. The first-order valence-corrected chi connectivity index (χ1v) is 25.4. The largest absolute Gasteiger partial charge is 0.480 e. The Morgan fingerprint density at radius 3 is 1.24 bits per heavy atom. The van der Waals surface area contributed by atoms with E-state index in [1.54, 1.807) is 0 Å². The third kappa shape index (κ3) is 42.4. The Kier molecular flexibility index (Phi) is 41.2. The van der Waals surface area contributed by atoms with Gasteiger partial charge in [-0.25, -0.2) is 4.57 Å². The van der Waals surface area contributed by atoms with Crippen LogP contribution in [0.5, 0.6) is 0 Å². The van der Waals surface area contributed by atoms with Crippen molar-refractivity contribution < 1.29 is 47.5 Å². The second kappa shape index (κ2) is 42.6. The Hall–Kier alpha value is -2.04. The van der Waals surface area contributed by atoms with Gasteiger partial charge in [-0.2, -0.15) is 0 Å². The van der Waals surface area contributed by atoms with Crippen molar-refractivity contribution >= 4 is 25.7 Å². The number of hydrogen-bond acceptors (Lipinski definition) is 9. The lowest BCUT2D eigenvalue weighted by Crippen LogP contribution is -2.34. The Balaban J connectivity index is 4.30. The highest BCUT2D eigenvalue weighted by atomic mass is 31.2. The lowest BCUT2D eigenvalue weighted by Gasteiger charge is -2.20. The molecule has 0 fully saturated rings. The predicted octanol–water partition coefficient (Wildman–Crippen LogP) is 13.0. The van der Waals surface area contributed by atoms with E-state index in [4.69, 9.17) is 24.8 Å². The van der Waals surface area contributed by atoms with Crippen LogP contribution in [-0.4, -0.2) is 59.9 Å². The summed E-state index contributed by atoms with van der Waals surface area (Å²) in [5.41, 5.74) is 5.34. The van der Waals surface area contributed by atoms with Crippen LogP contribution in [0.1, 0.15) is 226 Å². The van der Waals surface area contributed by atoms with Gasteiger partial charge in [0.15, 0.2) is 6.10 Å². The summed E-state index contributed by atoms with van der Waals surface area (Å²) in [6.45, 7) is 2.81. The molecule has 4 N–H and O–H groups in total. The minimum Gasteiger partial charge on any atom is -0.480 e. The van der Waals surface area contributed by atoms with Crippen LogP contribution >= 0.6 is 7.82 Å². The van der Waals surface area contributed by atoms with E-state index in [1.165, 1.54) is 122 Å². The number of carboxylic acids is 1. The number of carboxylic acid groups (broad SMARTS) is 1. The molecule has 0 aromatic rings. The number of rotatable bonds is 45. The summed E-state index contributed by atoms with van der Waals surface area (Å²) in [4.78, 5) is 46.1. The Morgan fingerprint density at radius 2 is 0.847 bits per heavy atom. The highest BCUT2D eigenvalue weighted by Crippen LogP contribution is 2.43. The third-order valence-corrected chi connectivity index (χ3v) is 11.4. The molecule has 0 bridgehead atoms. The Bertz CT molecular complexity index is 1100. The van der Waals surface area contributed by atoms with E-state index in [0.29, 0.717) is 12.8 Å². The number of esters is 2. The van der Waals surface area contributed by atoms with Gasteiger partial charge in [0, 0.05) is 12.8 Å². The number of aliphatic carboxylic acids is 1. The first-order chi connectivity index (χ1) is 28.6. The molecular formula is C47H88NO10P. The molecule has 0 spiro atoms. The van der Waals surface area contributed by atoms with Crippen LogP contribution in [0.2, 0.25) is 0 Å². The van der Waals surface area contributed by atoms with Crippen LogP contribution in [0.4, 0.5) is 0 Å². The fourth-order valence-corrected chi connectivity index (χ4v) is 7.42. The molecule has 3 atom stereocenters. The monoisotopic (exact) mass is 858 g/mol. The Morgan fingerprint density at radius 1 is 0.508 bits per heavy atom. The summed E-state index contributed by atoms with van der Waals surface area (Å²) in [6.07, 6.45) is 45.2. The fraction of sp³-hybridized carbons (Fsp3) is 0.851. The van der Waals surface area contributed by atoms with Crippen LogP contribution in [0.3, 0.4) is 0 Å². The zero-order valence-corrected chi connectivity index (χ0v) is 38.5. The number of nitrogens with two attached hydrogens (primary N) is 1. The molecule has 0 radical (unpaired) electrons. The average molecular weight is 858 g/mol. The summed E-state index contributed by atoms with van der Waals surface area (Å²) in [6, 6.07) is -1.52. The van der Waals surface area contributed by atoms with Gasteiger partial charge in [0.05, 0.1) is 13.2 Å². The van der Waals surface area contributed by atoms with Gasteiger partial charge in [-0.05, 0) is 64.2 Å². The van der Waals surface area contributed by atoms with Gasteiger partial charge in [-0.15, -0.1) is 0 Å². The number of ether oxygens (including phenoxy) is 2. The first-order valence-electron chi connectivity index (χ1n) is 23.9. The number of unbranched alkanes of at least 4 members (excludes halogenated alkanes) is 27. The number of phosphoric acid groups is 1. The van der Waals surface area contributed by atoms with Gasteiger partial charge in [-0.1, -0.05) is 173 Å². The molecule has 0 aromatic carbocycles. The predicted molar refractivity (Wildman–Crippen MR) is 240 cm³/mol. The van der Waals surface area contributed by atoms with Crippen molar-refractivity contribution in [1.82, 2.24) is 0 Å². The molecule has 12 heteroatoms. The highest BCUT2D eigenvalue weighted by molar-refractivity contribution is 7.47. The van der Waals surface area contributed by atoms with E-state index in [-0.39, 0.29) is 19.4 Å². The van der Waals surface area contributed by atoms with E-state index in [9.17, 15) is 23.8 Å². The van der Waals surface area contributed by atoms with Gasteiger partial charge in [-0.3, -0.25) is 23.4 Å². The number of hydrogen-bond donors (Lipinski definition) is 3. The molecule has 1 unspecified atom stereocenters. The van der Waals surface area contributed by atoms with E-state index >= 15 is 0 Å². The van der Waals surface area contributed by atoms with E-state index in [1.807, 2.05) is 0 Å². The molecular weight excluding hydrogens is 769 g/mol. The second-order valence-electron chi connectivity index (χ2n) is 16.2. The van der Waals surface area contributed by atoms with Crippen LogP contribution in [0.15, 0.2) is 24.3 Å². The smallest absolute Gasteiger partial charge is 0.472 e. The average Bonchev–Trinajstić information content (AvgIpc) is 3.21. The van der Waals surface area contributed by atoms with Crippen LogP contribution in [0.25, 0.3) is 0 Å². The molecule has 11 nitrogen and oxygen atoms in total. The molecule has 0 aliphatic carbocycles. The SMILES string of the molecule is CCCCCCCCC/C=C\CCCCCCCC(=O)O[C@H](COC(=O)CCCCCCCCC/C=C\CCCCCCCCCC)COP(=O)(O)OC[C@H](N)C(=O)O. The third-order valence-electron chi connectivity index (χ3n) is 10.4. The zero-order valence-electron chi connectivity index (χ0n) is 37.6. The number of allylic oxidation sites excluding steroid dienone is 4. The summed E-state index contributed by atoms with van der Waals surface area (Å²) in [7, 11) is -4.72. The molecule has 0 rings (SSSR count). The summed E-state index contributed by atoms with van der Waals surface area (Å²) < 4.78 is 32.8. The van der Waals surface area contributed by atoms with Gasteiger partial charge in [0.25, 0.3) is 0 Å². The van der Waals surface area contributed by atoms with Gasteiger partial charge < -0.3 is 25.2 Å². The molecule has 0 amide bonds. The van der Waals surface area contributed by atoms with Crippen molar-refractivity contribution in [3.8, 4) is 0 Å². The van der Waals surface area contributed by atoms with Crippen molar-refractivity contribution in [3.63, 3.8) is 0 Å². The number of carbonyl (C=O) groups excluding carboxylic acids is 2. The normalized spacial score (nSPS) is 13.8. The molecule has 346 valence electrons.